The van der Waals surface area contributed by atoms with Crippen molar-refractivity contribution in [2.75, 3.05) is 13.2 Å². The number of nitrogens with one attached hydrogen (secondary N) is 1. The highest BCUT2D eigenvalue weighted by molar-refractivity contribution is 6.01. The fourth-order valence-corrected chi connectivity index (χ4v) is 5.28. The fraction of sp³-hybridized carbons (Fsp3) is 0.212. The van der Waals surface area contributed by atoms with Gasteiger partial charge in [-0.25, -0.2) is 4.99 Å². The first-order valence-corrected chi connectivity index (χ1v) is 13.3. The van der Waals surface area contributed by atoms with Gasteiger partial charge < -0.3 is 19.9 Å². The van der Waals surface area contributed by atoms with Gasteiger partial charge in [-0.3, -0.25) is 4.79 Å². The molecule has 2 atom stereocenters. The molecule has 4 aromatic carbocycles. The summed E-state index contributed by atoms with van der Waals surface area (Å²) in [7, 11) is 0. The Hall–Kier alpha value is -4.42. The molecule has 0 bridgehead atoms. The Labute approximate surface area is 228 Å². The largest absolute Gasteiger partial charge is 0.494 e. The van der Waals surface area contributed by atoms with E-state index in [0.29, 0.717) is 37.6 Å². The van der Waals surface area contributed by atoms with Gasteiger partial charge in [0.1, 0.15) is 5.75 Å². The lowest BCUT2D eigenvalue weighted by atomic mass is 9.82. The van der Waals surface area contributed by atoms with Crippen LogP contribution in [0, 0.1) is 0 Å². The number of aliphatic hydroxyl groups excluding tert-OH is 1. The molecule has 2 heterocycles. The van der Waals surface area contributed by atoms with Crippen molar-refractivity contribution in [1.29, 1.82) is 0 Å². The van der Waals surface area contributed by atoms with Crippen molar-refractivity contribution < 1.29 is 19.4 Å². The molecular formula is C33H30N2O4. The van der Waals surface area contributed by atoms with Crippen LogP contribution in [-0.2, 0) is 22.5 Å². The highest BCUT2D eigenvalue weighted by Gasteiger charge is 2.54. The van der Waals surface area contributed by atoms with Gasteiger partial charge in [-0.15, -0.1) is 0 Å². The Morgan fingerprint density at radius 3 is 2.26 bits per heavy atom. The molecule has 0 aliphatic carbocycles. The Balaban J connectivity index is 1.37. The summed E-state index contributed by atoms with van der Waals surface area (Å²) in [5, 5.41) is 12.1. The number of aliphatic hydroxyl groups is 1. The summed E-state index contributed by atoms with van der Waals surface area (Å²) in [6, 6.07) is 34.0. The normalized spacial score (nSPS) is 20.0. The van der Waals surface area contributed by atoms with Gasteiger partial charge in [0.2, 0.25) is 5.90 Å². The van der Waals surface area contributed by atoms with E-state index >= 15 is 0 Å². The molecule has 2 aliphatic heterocycles. The molecule has 2 aliphatic rings. The van der Waals surface area contributed by atoms with E-state index in [-0.39, 0.29) is 12.5 Å². The van der Waals surface area contributed by atoms with Crippen LogP contribution in [0.1, 0.15) is 34.8 Å². The third kappa shape index (κ3) is 4.91. The van der Waals surface area contributed by atoms with Crippen LogP contribution in [-0.4, -0.2) is 35.7 Å². The number of aliphatic imine (C=N–C) groups is 1. The molecule has 2 N–H and O–H groups in total. The second kappa shape index (κ2) is 10.8. The first-order valence-electron chi connectivity index (χ1n) is 13.3. The van der Waals surface area contributed by atoms with Crippen LogP contribution in [0.3, 0.4) is 0 Å². The standard InChI is InChI=1S/C33H30N2O4/c36-19-6-20-38-29-17-15-26(16-18-29)31-35-33(21-27-9-4-5-10-28(27)22-34-32(33)37)30(39-31)25-13-11-24(12-14-25)23-7-2-1-3-8-23/h1-5,7-18,30,36H,6,19-22H2,(H,34,37)/t30-,33-/m1/s1. The number of rotatable bonds is 7. The third-order valence-electron chi connectivity index (χ3n) is 7.37. The summed E-state index contributed by atoms with van der Waals surface area (Å²) in [5.41, 5.74) is 4.93. The molecule has 0 aromatic heterocycles. The Morgan fingerprint density at radius 1 is 0.846 bits per heavy atom. The lowest BCUT2D eigenvalue weighted by molar-refractivity contribution is -0.128. The minimum Gasteiger partial charge on any atom is -0.494 e. The van der Waals surface area contributed by atoms with Crippen molar-refractivity contribution in [2.45, 2.75) is 31.0 Å². The average molecular weight is 519 g/mol. The van der Waals surface area contributed by atoms with Crippen molar-refractivity contribution in [3.8, 4) is 16.9 Å². The SMILES string of the molecule is O=C1NCc2ccccc2C[C@]12N=C(c1ccc(OCCCO)cc1)O[C@@H]2c1ccc(-c2ccccc2)cc1. The number of carbonyl (C=O) groups is 1. The number of amides is 1. The van der Waals surface area contributed by atoms with E-state index in [0.717, 1.165) is 33.4 Å². The number of ether oxygens (including phenoxy) is 2. The van der Waals surface area contributed by atoms with Gasteiger partial charge in [0.05, 0.1) is 6.61 Å². The highest BCUT2D eigenvalue weighted by Crippen LogP contribution is 2.44. The lowest BCUT2D eigenvalue weighted by Gasteiger charge is -2.29. The molecule has 0 fully saturated rings. The number of fused-ring (bicyclic) bond motifs is 1. The lowest BCUT2D eigenvalue weighted by Crippen LogP contribution is -2.48. The van der Waals surface area contributed by atoms with Crippen LogP contribution >= 0.6 is 0 Å². The zero-order valence-corrected chi connectivity index (χ0v) is 21.5. The zero-order valence-electron chi connectivity index (χ0n) is 21.5. The minimum atomic E-state index is -1.15. The Kier molecular flexibility index (Phi) is 6.86. The van der Waals surface area contributed by atoms with Crippen molar-refractivity contribution in [3.05, 3.63) is 125 Å². The van der Waals surface area contributed by atoms with Gasteiger partial charge in [0, 0.05) is 31.6 Å². The van der Waals surface area contributed by atoms with Crippen molar-refractivity contribution in [2.24, 2.45) is 4.99 Å². The number of nitrogens with zero attached hydrogens (tertiary/aromatic N) is 1. The molecule has 1 spiro atoms. The summed E-state index contributed by atoms with van der Waals surface area (Å²) in [6.07, 6.45) is 0.414. The van der Waals surface area contributed by atoms with Gasteiger partial charge in [-0.2, -0.15) is 0 Å². The molecule has 0 radical (unpaired) electrons. The molecule has 0 unspecified atom stereocenters. The molecule has 0 saturated heterocycles. The molecular weight excluding hydrogens is 488 g/mol. The van der Waals surface area contributed by atoms with Gasteiger partial charge in [0.15, 0.2) is 11.6 Å². The van der Waals surface area contributed by atoms with Crippen LogP contribution in [0.25, 0.3) is 11.1 Å². The van der Waals surface area contributed by atoms with E-state index in [1.165, 1.54) is 0 Å². The predicted molar refractivity (Wildman–Crippen MR) is 151 cm³/mol. The van der Waals surface area contributed by atoms with Gasteiger partial charge in [-0.1, -0.05) is 78.9 Å². The second-order valence-corrected chi connectivity index (χ2v) is 9.91. The zero-order chi connectivity index (χ0) is 26.7. The summed E-state index contributed by atoms with van der Waals surface area (Å²) in [5.74, 6) is 0.994. The molecule has 39 heavy (non-hydrogen) atoms. The molecule has 4 aromatic rings. The smallest absolute Gasteiger partial charge is 0.252 e. The average Bonchev–Trinajstić information content (AvgIpc) is 3.31. The summed E-state index contributed by atoms with van der Waals surface area (Å²) in [4.78, 5) is 18.9. The molecule has 196 valence electrons. The molecule has 1 amide bonds. The van der Waals surface area contributed by atoms with Gasteiger partial charge in [0.25, 0.3) is 5.91 Å². The van der Waals surface area contributed by atoms with Crippen LogP contribution < -0.4 is 10.1 Å². The van der Waals surface area contributed by atoms with Gasteiger partial charge >= 0.3 is 0 Å². The second-order valence-electron chi connectivity index (χ2n) is 9.91. The topological polar surface area (TPSA) is 80.2 Å². The van der Waals surface area contributed by atoms with Crippen LogP contribution in [0.5, 0.6) is 5.75 Å². The maximum atomic E-state index is 13.8. The summed E-state index contributed by atoms with van der Waals surface area (Å²) < 4.78 is 12.2. The summed E-state index contributed by atoms with van der Waals surface area (Å²) >= 11 is 0. The number of hydrogen-bond donors (Lipinski definition) is 2. The van der Waals surface area contributed by atoms with Gasteiger partial charge in [-0.05, 0) is 52.1 Å². The maximum Gasteiger partial charge on any atom is 0.252 e. The molecule has 0 saturated carbocycles. The predicted octanol–water partition coefficient (Wildman–Crippen LogP) is 5.24. The number of carbonyl (C=O) groups excluding carboxylic acids is 1. The van der Waals surface area contributed by atoms with E-state index in [9.17, 15) is 4.79 Å². The fourth-order valence-electron chi connectivity index (χ4n) is 5.28. The van der Waals surface area contributed by atoms with Crippen LogP contribution in [0.4, 0.5) is 0 Å². The summed E-state index contributed by atoms with van der Waals surface area (Å²) in [6.45, 7) is 0.988. The van der Waals surface area contributed by atoms with Crippen molar-refractivity contribution in [1.82, 2.24) is 5.32 Å². The molecule has 6 rings (SSSR count). The van der Waals surface area contributed by atoms with E-state index in [1.807, 2.05) is 72.8 Å². The van der Waals surface area contributed by atoms with E-state index in [4.69, 9.17) is 19.6 Å². The molecule has 6 heteroatoms. The Morgan fingerprint density at radius 2 is 1.51 bits per heavy atom. The number of hydrogen-bond acceptors (Lipinski definition) is 5. The monoisotopic (exact) mass is 518 g/mol. The van der Waals surface area contributed by atoms with Crippen molar-refractivity contribution >= 4 is 11.8 Å². The third-order valence-corrected chi connectivity index (χ3v) is 7.37. The number of benzene rings is 4. The van der Waals surface area contributed by atoms with Crippen LogP contribution in [0.2, 0.25) is 0 Å². The van der Waals surface area contributed by atoms with Crippen molar-refractivity contribution in [3.63, 3.8) is 0 Å². The molecule has 6 nitrogen and oxygen atoms in total. The first kappa shape index (κ1) is 24.9. The van der Waals surface area contributed by atoms with Crippen LogP contribution in [0.15, 0.2) is 108 Å². The van der Waals surface area contributed by atoms with E-state index in [2.05, 4.69) is 35.6 Å². The Bertz CT molecular complexity index is 1480. The van der Waals surface area contributed by atoms with E-state index in [1.54, 1.807) is 0 Å². The maximum absolute atomic E-state index is 13.8. The quantitative estimate of drug-likeness (QED) is 0.328. The minimum absolute atomic E-state index is 0.0870. The van der Waals surface area contributed by atoms with E-state index < -0.39 is 11.6 Å². The highest BCUT2D eigenvalue weighted by atomic mass is 16.5. The first-order chi connectivity index (χ1) is 19.2.